The summed E-state index contributed by atoms with van der Waals surface area (Å²) >= 11 is 0. The molecule has 1 saturated carbocycles. The van der Waals surface area contributed by atoms with Gasteiger partial charge in [0.2, 0.25) is 0 Å². The van der Waals surface area contributed by atoms with E-state index < -0.39 is 32.5 Å². The molecular formula is C23H20F2N4O4S. The number of benzene rings is 3. The summed E-state index contributed by atoms with van der Waals surface area (Å²) in [6.07, 6.45) is 1.96. The lowest BCUT2D eigenvalue weighted by atomic mass is 10.2. The Morgan fingerprint density at radius 1 is 0.765 bits per heavy atom. The van der Waals surface area contributed by atoms with E-state index in [-0.39, 0.29) is 17.8 Å². The largest absolute Gasteiger partial charge is 0.335 e. The van der Waals surface area contributed by atoms with Gasteiger partial charge in [-0.25, -0.2) is 22.0 Å². The fraction of sp³-hybridized carbons (Fsp3) is 0.130. The molecule has 11 heteroatoms. The summed E-state index contributed by atoms with van der Waals surface area (Å²) in [5, 5.41) is 8.18. The molecule has 0 bridgehead atoms. The minimum atomic E-state index is -4.13. The fourth-order valence-corrected chi connectivity index (χ4v) is 4.04. The number of hydrogen-bond acceptors (Lipinski definition) is 4. The lowest BCUT2D eigenvalue weighted by molar-refractivity contribution is 0.102. The van der Waals surface area contributed by atoms with Crippen LogP contribution in [0.3, 0.4) is 0 Å². The van der Waals surface area contributed by atoms with Gasteiger partial charge in [0.1, 0.15) is 0 Å². The summed E-state index contributed by atoms with van der Waals surface area (Å²) in [6, 6.07) is 14.4. The first-order chi connectivity index (χ1) is 16.2. The Kier molecular flexibility index (Phi) is 6.46. The lowest BCUT2D eigenvalue weighted by Crippen LogP contribution is -2.30. The second kappa shape index (κ2) is 9.48. The average molecular weight is 487 g/mol. The van der Waals surface area contributed by atoms with Crippen molar-refractivity contribution in [3.8, 4) is 0 Å². The van der Waals surface area contributed by atoms with Crippen LogP contribution in [-0.2, 0) is 10.0 Å². The van der Waals surface area contributed by atoms with E-state index in [0.29, 0.717) is 23.0 Å². The molecule has 0 atom stereocenters. The third-order valence-electron chi connectivity index (χ3n) is 4.91. The van der Waals surface area contributed by atoms with Gasteiger partial charge in [-0.2, -0.15) is 0 Å². The highest BCUT2D eigenvalue weighted by molar-refractivity contribution is 7.92. The molecule has 4 N–H and O–H groups in total. The predicted octanol–water partition coefficient (Wildman–Crippen LogP) is 4.30. The molecule has 0 unspecified atom stereocenters. The van der Waals surface area contributed by atoms with Gasteiger partial charge < -0.3 is 16.0 Å². The van der Waals surface area contributed by atoms with Gasteiger partial charge in [0.05, 0.1) is 4.90 Å². The zero-order chi connectivity index (χ0) is 24.3. The second-order valence-electron chi connectivity index (χ2n) is 7.66. The van der Waals surface area contributed by atoms with Gasteiger partial charge in [-0.05, 0) is 79.6 Å². The van der Waals surface area contributed by atoms with Crippen molar-refractivity contribution >= 4 is 39.0 Å². The second-order valence-corrected chi connectivity index (χ2v) is 9.35. The van der Waals surface area contributed by atoms with Crippen molar-refractivity contribution in [2.45, 2.75) is 23.8 Å². The van der Waals surface area contributed by atoms with Crippen molar-refractivity contribution in [3.05, 3.63) is 83.9 Å². The van der Waals surface area contributed by atoms with Gasteiger partial charge in [0, 0.05) is 28.7 Å². The van der Waals surface area contributed by atoms with Gasteiger partial charge in [-0.3, -0.25) is 9.52 Å². The van der Waals surface area contributed by atoms with Crippen molar-refractivity contribution in [1.29, 1.82) is 0 Å². The molecule has 0 saturated heterocycles. The van der Waals surface area contributed by atoms with E-state index in [2.05, 4.69) is 20.7 Å². The number of anilines is 3. The maximum atomic E-state index is 13.4. The molecule has 0 heterocycles. The third kappa shape index (κ3) is 5.87. The van der Waals surface area contributed by atoms with Crippen molar-refractivity contribution < 1.29 is 26.8 Å². The Labute approximate surface area is 194 Å². The van der Waals surface area contributed by atoms with Crippen LogP contribution in [0.15, 0.2) is 71.6 Å². The Balaban J connectivity index is 1.35. The first-order valence-corrected chi connectivity index (χ1v) is 11.7. The van der Waals surface area contributed by atoms with Crippen LogP contribution >= 0.6 is 0 Å². The summed E-state index contributed by atoms with van der Waals surface area (Å²) < 4.78 is 53.4. The minimum Gasteiger partial charge on any atom is -0.335 e. The quantitative estimate of drug-likeness (QED) is 0.398. The Hall–Kier alpha value is -3.99. The van der Waals surface area contributed by atoms with E-state index in [9.17, 15) is 26.8 Å². The highest BCUT2D eigenvalue weighted by Gasteiger charge is 2.23. The number of carbonyl (C=O) groups is 2. The SMILES string of the molecule is O=C(Nc1ccc(C(=O)Nc2ccc(NS(=O)(=O)c3ccc(F)c(F)c3)cc2)cc1)NC1CC1. The number of hydrogen-bond donors (Lipinski definition) is 4. The number of urea groups is 1. The minimum absolute atomic E-state index is 0.169. The lowest BCUT2D eigenvalue weighted by Gasteiger charge is -2.10. The molecule has 3 aromatic carbocycles. The predicted molar refractivity (Wildman–Crippen MR) is 123 cm³/mol. The number of halogens is 2. The van der Waals surface area contributed by atoms with E-state index in [0.717, 1.165) is 25.0 Å². The monoisotopic (exact) mass is 486 g/mol. The standard InChI is InChI=1S/C23H20F2N4O4S/c24-20-12-11-19(13-21(20)25)34(32,33)29-18-9-7-15(8-10-18)26-22(30)14-1-3-16(4-2-14)27-23(31)28-17-5-6-17/h1-4,7-13,17,29H,5-6H2,(H,26,30)(H2,27,28,31). The zero-order valence-corrected chi connectivity index (χ0v) is 18.5. The molecule has 0 radical (unpaired) electrons. The Bertz CT molecular complexity index is 1330. The molecule has 34 heavy (non-hydrogen) atoms. The summed E-state index contributed by atoms with van der Waals surface area (Å²) in [5.74, 6) is -2.82. The number of rotatable bonds is 7. The van der Waals surface area contributed by atoms with Crippen molar-refractivity contribution in [3.63, 3.8) is 0 Å². The molecule has 0 spiro atoms. The van der Waals surface area contributed by atoms with Gasteiger partial charge in [0.15, 0.2) is 11.6 Å². The van der Waals surface area contributed by atoms with Crippen molar-refractivity contribution in [1.82, 2.24) is 5.32 Å². The normalized spacial score (nSPS) is 13.1. The molecule has 0 aliphatic heterocycles. The molecule has 8 nitrogen and oxygen atoms in total. The van der Waals surface area contributed by atoms with E-state index in [1.54, 1.807) is 24.3 Å². The molecule has 1 fully saturated rings. The molecule has 176 valence electrons. The van der Waals surface area contributed by atoms with Crippen LogP contribution in [0.5, 0.6) is 0 Å². The zero-order valence-electron chi connectivity index (χ0n) is 17.6. The van der Waals surface area contributed by atoms with Gasteiger partial charge in [0.25, 0.3) is 15.9 Å². The molecule has 1 aliphatic carbocycles. The van der Waals surface area contributed by atoms with Crippen molar-refractivity contribution in [2.75, 3.05) is 15.4 Å². The van der Waals surface area contributed by atoms with Gasteiger partial charge in [-0.1, -0.05) is 0 Å². The third-order valence-corrected chi connectivity index (χ3v) is 6.29. The van der Waals surface area contributed by atoms with Crippen LogP contribution in [0.4, 0.5) is 30.6 Å². The number of carbonyl (C=O) groups excluding carboxylic acids is 2. The van der Waals surface area contributed by atoms with Crippen LogP contribution < -0.4 is 20.7 Å². The fourth-order valence-electron chi connectivity index (χ4n) is 2.97. The Morgan fingerprint density at radius 3 is 1.97 bits per heavy atom. The van der Waals surface area contributed by atoms with Gasteiger partial charge in [-0.15, -0.1) is 0 Å². The first kappa shape index (κ1) is 23.2. The summed E-state index contributed by atoms with van der Waals surface area (Å²) in [4.78, 5) is 23.8. The van der Waals surface area contributed by atoms with Crippen LogP contribution in [0.1, 0.15) is 23.2 Å². The van der Waals surface area contributed by atoms with Crippen LogP contribution in [0.25, 0.3) is 0 Å². The van der Waals surface area contributed by atoms with Crippen LogP contribution in [-0.4, -0.2) is 26.4 Å². The maximum Gasteiger partial charge on any atom is 0.319 e. The summed E-state index contributed by atoms with van der Waals surface area (Å²) in [7, 11) is -4.13. The molecule has 3 aromatic rings. The molecule has 4 rings (SSSR count). The number of amides is 3. The molecule has 0 aromatic heterocycles. The molecule has 1 aliphatic rings. The summed E-state index contributed by atoms with van der Waals surface area (Å²) in [6.45, 7) is 0. The summed E-state index contributed by atoms with van der Waals surface area (Å²) in [5.41, 5.74) is 1.48. The smallest absolute Gasteiger partial charge is 0.319 e. The molecular weight excluding hydrogens is 466 g/mol. The van der Waals surface area contributed by atoms with Gasteiger partial charge >= 0.3 is 6.03 Å². The molecule has 3 amide bonds. The van der Waals surface area contributed by atoms with E-state index in [4.69, 9.17) is 0 Å². The van der Waals surface area contributed by atoms with Crippen LogP contribution in [0.2, 0.25) is 0 Å². The van der Waals surface area contributed by atoms with E-state index in [1.807, 2.05) is 0 Å². The maximum absolute atomic E-state index is 13.4. The first-order valence-electron chi connectivity index (χ1n) is 10.3. The average Bonchev–Trinajstić information content (AvgIpc) is 3.61. The highest BCUT2D eigenvalue weighted by Crippen LogP contribution is 2.21. The highest BCUT2D eigenvalue weighted by atomic mass is 32.2. The Morgan fingerprint density at radius 2 is 1.35 bits per heavy atom. The van der Waals surface area contributed by atoms with Crippen LogP contribution in [0, 0.1) is 11.6 Å². The van der Waals surface area contributed by atoms with E-state index in [1.165, 1.54) is 24.3 Å². The number of nitrogens with one attached hydrogen (secondary N) is 4. The number of sulfonamides is 1. The topological polar surface area (TPSA) is 116 Å². The van der Waals surface area contributed by atoms with Crippen molar-refractivity contribution in [2.24, 2.45) is 0 Å². The van der Waals surface area contributed by atoms with E-state index >= 15 is 0 Å².